The van der Waals surface area contributed by atoms with E-state index in [1.54, 1.807) is 65.6 Å². The van der Waals surface area contributed by atoms with Crippen molar-refractivity contribution in [1.82, 2.24) is 4.90 Å². The predicted molar refractivity (Wildman–Crippen MR) is 124 cm³/mol. The van der Waals surface area contributed by atoms with Gasteiger partial charge in [0, 0.05) is 30.4 Å². The van der Waals surface area contributed by atoms with Crippen LogP contribution < -0.4 is 10.0 Å². The minimum Gasteiger partial charge on any atom is -0.459 e. The van der Waals surface area contributed by atoms with Crippen LogP contribution in [0, 0.1) is 12.8 Å². The average Bonchev–Trinajstić information content (AvgIpc) is 3.35. The van der Waals surface area contributed by atoms with Crippen molar-refractivity contribution in [1.29, 1.82) is 0 Å². The van der Waals surface area contributed by atoms with Crippen molar-refractivity contribution in [2.75, 3.05) is 23.1 Å². The maximum atomic E-state index is 12.7. The summed E-state index contributed by atoms with van der Waals surface area (Å²) in [4.78, 5) is 26.9. The van der Waals surface area contributed by atoms with Crippen LogP contribution in [0.15, 0.2) is 76.2 Å². The molecule has 2 amide bonds. The highest BCUT2D eigenvalue weighted by Gasteiger charge is 2.28. The van der Waals surface area contributed by atoms with Gasteiger partial charge in [0.25, 0.3) is 15.9 Å². The Morgan fingerprint density at radius 2 is 1.58 bits per heavy atom. The number of hydrogen-bond donors (Lipinski definition) is 2. The van der Waals surface area contributed by atoms with Crippen molar-refractivity contribution in [3.63, 3.8) is 0 Å². The van der Waals surface area contributed by atoms with E-state index in [0.717, 1.165) is 5.56 Å². The van der Waals surface area contributed by atoms with E-state index in [9.17, 15) is 18.0 Å². The van der Waals surface area contributed by atoms with Crippen LogP contribution in [0.4, 0.5) is 11.4 Å². The molecular weight excluding hydrogens is 442 g/mol. The number of nitrogens with one attached hydrogen (secondary N) is 2. The quantitative estimate of drug-likeness (QED) is 0.572. The Labute approximate surface area is 192 Å². The van der Waals surface area contributed by atoms with Crippen molar-refractivity contribution in [3.8, 4) is 0 Å². The smallest absolute Gasteiger partial charge is 0.289 e. The Bertz CT molecular complexity index is 1210. The van der Waals surface area contributed by atoms with E-state index in [2.05, 4.69) is 10.0 Å². The zero-order chi connectivity index (χ0) is 23.4. The Morgan fingerprint density at radius 1 is 0.939 bits per heavy atom. The lowest BCUT2D eigenvalue weighted by Gasteiger charge is -2.30. The number of nitrogens with zero attached hydrogens (tertiary/aromatic N) is 1. The Balaban J connectivity index is 1.30. The van der Waals surface area contributed by atoms with Gasteiger partial charge in [0.05, 0.1) is 11.2 Å². The van der Waals surface area contributed by atoms with Crippen LogP contribution in [-0.4, -0.2) is 38.2 Å². The van der Waals surface area contributed by atoms with Crippen LogP contribution in [-0.2, 0) is 14.8 Å². The molecule has 0 unspecified atom stereocenters. The third kappa shape index (κ3) is 5.43. The van der Waals surface area contributed by atoms with Gasteiger partial charge in [-0.3, -0.25) is 14.3 Å². The molecule has 1 fully saturated rings. The number of likely N-dealkylation sites (tertiary alicyclic amines) is 1. The first-order valence-electron chi connectivity index (χ1n) is 10.6. The number of carbonyl (C=O) groups is 2. The van der Waals surface area contributed by atoms with Gasteiger partial charge in [-0.05, 0) is 68.3 Å². The van der Waals surface area contributed by atoms with Crippen LogP contribution in [0.25, 0.3) is 0 Å². The summed E-state index contributed by atoms with van der Waals surface area (Å²) in [6, 6.07) is 16.4. The van der Waals surface area contributed by atoms with Crippen LogP contribution in [0.3, 0.4) is 0 Å². The van der Waals surface area contributed by atoms with E-state index in [1.807, 2.05) is 6.92 Å². The first-order chi connectivity index (χ1) is 15.8. The molecule has 0 bridgehead atoms. The number of furan rings is 1. The average molecular weight is 468 g/mol. The lowest BCUT2D eigenvalue weighted by molar-refractivity contribution is -0.121. The number of sulfonamides is 1. The second kappa shape index (κ2) is 9.50. The summed E-state index contributed by atoms with van der Waals surface area (Å²) in [5.41, 5.74) is 1.95. The summed E-state index contributed by atoms with van der Waals surface area (Å²) < 4.78 is 32.7. The topological polar surface area (TPSA) is 109 Å². The number of piperidine rings is 1. The van der Waals surface area contributed by atoms with Crippen molar-refractivity contribution in [2.45, 2.75) is 24.7 Å². The highest BCUT2D eigenvalue weighted by Crippen LogP contribution is 2.23. The zero-order valence-corrected chi connectivity index (χ0v) is 19.0. The number of anilines is 2. The molecule has 1 aliphatic heterocycles. The fourth-order valence-corrected chi connectivity index (χ4v) is 4.76. The fraction of sp³-hybridized carbons (Fsp3) is 0.250. The van der Waals surface area contributed by atoms with E-state index < -0.39 is 10.0 Å². The van der Waals surface area contributed by atoms with Gasteiger partial charge in [-0.25, -0.2) is 8.42 Å². The molecule has 4 rings (SSSR count). The van der Waals surface area contributed by atoms with Gasteiger partial charge in [0.15, 0.2) is 5.76 Å². The molecule has 1 saturated heterocycles. The molecule has 1 aliphatic rings. The maximum Gasteiger partial charge on any atom is 0.289 e. The van der Waals surface area contributed by atoms with Crippen LogP contribution >= 0.6 is 0 Å². The predicted octanol–water partition coefficient (Wildman–Crippen LogP) is 3.88. The fourth-order valence-electron chi connectivity index (χ4n) is 3.70. The summed E-state index contributed by atoms with van der Waals surface area (Å²) in [5, 5.41) is 2.87. The molecule has 0 aliphatic carbocycles. The summed E-state index contributed by atoms with van der Waals surface area (Å²) in [6.07, 6.45) is 2.59. The monoisotopic (exact) mass is 467 g/mol. The molecule has 8 nitrogen and oxygen atoms in total. The number of benzene rings is 2. The minimum atomic E-state index is -3.69. The molecule has 0 atom stereocenters. The summed E-state index contributed by atoms with van der Waals surface area (Å²) >= 11 is 0. The van der Waals surface area contributed by atoms with E-state index >= 15 is 0 Å². The number of hydrogen-bond acceptors (Lipinski definition) is 5. The molecule has 0 radical (unpaired) electrons. The zero-order valence-electron chi connectivity index (χ0n) is 18.2. The van der Waals surface area contributed by atoms with Gasteiger partial charge >= 0.3 is 0 Å². The van der Waals surface area contributed by atoms with Crippen molar-refractivity contribution < 1.29 is 22.4 Å². The van der Waals surface area contributed by atoms with Crippen molar-refractivity contribution in [2.24, 2.45) is 5.92 Å². The van der Waals surface area contributed by atoms with Crippen LogP contribution in [0.1, 0.15) is 29.0 Å². The van der Waals surface area contributed by atoms with Gasteiger partial charge in [0.2, 0.25) is 5.91 Å². The molecule has 33 heavy (non-hydrogen) atoms. The Hall–Kier alpha value is -3.59. The highest BCUT2D eigenvalue weighted by molar-refractivity contribution is 7.92. The summed E-state index contributed by atoms with van der Waals surface area (Å²) in [6.45, 7) is 2.86. The molecule has 2 N–H and O–H groups in total. The van der Waals surface area contributed by atoms with Crippen molar-refractivity contribution >= 4 is 33.2 Å². The molecule has 0 spiro atoms. The van der Waals surface area contributed by atoms with Gasteiger partial charge in [0.1, 0.15) is 0 Å². The number of rotatable bonds is 6. The number of amides is 2. The SMILES string of the molecule is Cc1ccc(S(=O)(=O)Nc2ccc(NC(=O)C3CCN(C(=O)c4ccco4)CC3)cc2)cc1. The van der Waals surface area contributed by atoms with E-state index in [-0.39, 0.29) is 22.6 Å². The number of carbonyl (C=O) groups excluding carboxylic acids is 2. The second-order valence-electron chi connectivity index (χ2n) is 8.03. The molecule has 2 aromatic carbocycles. The van der Waals surface area contributed by atoms with Gasteiger partial charge in [-0.15, -0.1) is 0 Å². The van der Waals surface area contributed by atoms with Gasteiger partial charge < -0.3 is 14.6 Å². The van der Waals surface area contributed by atoms with Crippen molar-refractivity contribution in [3.05, 3.63) is 78.3 Å². The highest BCUT2D eigenvalue weighted by atomic mass is 32.2. The normalized spacial score (nSPS) is 14.6. The second-order valence-corrected chi connectivity index (χ2v) is 9.71. The molecule has 172 valence electrons. The molecule has 0 saturated carbocycles. The van der Waals surface area contributed by atoms with Crippen LogP contribution in [0.2, 0.25) is 0 Å². The molecule has 2 heterocycles. The van der Waals surface area contributed by atoms with Gasteiger partial charge in [-0.2, -0.15) is 0 Å². The Kier molecular flexibility index (Phi) is 6.50. The van der Waals surface area contributed by atoms with E-state index in [1.165, 1.54) is 6.26 Å². The summed E-state index contributed by atoms with van der Waals surface area (Å²) in [5.74, 6) is -0.183. The molecular formula is C24H25N3O5S. The lowest BCUT2D eigenvalue weighted by atomic mass is 9.95. The van der Waals surface area contributed by atoms with Crippen LogP contribution in [0.5, 0.6) is 0 Å². The molecule has 1 aromatic heterocycles. The first kappa shape index (κ1) is 22.6. The molecule has 3 aromatic rings. The third-order valence-electron chi connectivity index (χ3n) is 5.62. The number of aryl methyl sites for hydroxylation is 1. The molecule has 9 heteroatoms. The Morgan fingerprint density at radius 3 is 2.18 bits per heavy atom. The van der Waals surface area contributed by atoms with E-state index in [4.69, 9.17) is 4.42 Å². The van der Waals surface area contributed by atoms with E-state index in [0.29, 0.717) is 43.1 Å². The third-order valence-corrected chi connectivity index (χ3v) is 7.02. The minimum absolute atomic E-state index is 0.118. The summed E-state index contributed by atoms with van der Waals surface area (Å²) in [7, 11) is -3.69. The lowest BCUT2D eigenvalue weighted by Crippen LogP contribution is -2.41. The standard InChI is InChI=1S/C24H25N3O5S/c1-17-4-10-21(11-5-17)33(30,31)26-20-8-6-19(7-9-20)25-23(28)18-12-14-27(15-13-18)24(29)22-3-2-16-32-22/h2-11,16,18,26H,12-15H2,1H3,(H,25,28). The van der Waals surface area contributed by atoms with Gasteiger partial charge in [-0.1, -0.05) is 17.7 Å². The first-order valence-corrected chi connectivity index (χ1v) is 12.1. The maximum absolute atomic E-state index is 12.7. The largest absolute Gasteiger partial charge is 0.459 e.